The number of nitrogens with zero attached hydrogens (tertiary/aromatic N) is 1. The lowest BCUT2D eigenvalue weighted by Crippen LogP contribution is -2.51. The number of aliphatic hydroxyl groups is 1. The fourth-order valence-electron chi connectivity index (χ4n) is 3.54. The van der Waals surface area contributed by atoms with Gasteiger partial charge in [0.05, 0.1) is 18.3 Å². The van der Waals surface area contributed by atoms with Crippen molar-refractivity contribution >= 4 is 0 Å². The molecule has 3 nitrogen and oxygen atoms in total. The zero-order chi connectivity index (χ0) is 14.0. The molecular formula is C17H25NO2. The maximum atomic E-state index is 10.4. The van der Waals surface area contributed by atoms with Crippen molar-refractivity contribution in [2.75, 3.05) is 26.2 Å². The number of ether oxygens (including phenoxy) is 1. The van der Waals surface area contributed by atoms with E-state index in [2.05, 4.69) is 24.0 Å². The molecule has 3 heteroatoms. The molecule has 3 rings (SSSR count). The van der Waals surface area contributed by atoms with Gasteiger partial charge in [0.2, 0.25) is 0 Å². The molecule has 0 radical (unpaired) electrons. The van der Waals surface area contributed by atoms with Gasteiger partial charge in [0.1, 0.15) is 0 Å². The first kappa shape index (κ1) is 14.1. The van der Waals surface area contributed by atoms with Gasteiger partial charge in [0.15, 0.2) is 0 Å². The normalized spacial score (nSPS) is 24.1. The first-order chi connectivity index (χ1) is 9.67. The topological polar surface area (TPSA) is 32.7 Å². The highest BCUT2D eigenvalue weighted by molar-refractivity contribution is 5.23. The molecule has 1 spiro atoms. The van der Waals surface area contributed by atoms with Crippen LogP contribution in [0, 0.1) is 6.92 Å². The van der Waals surface area contributed by atoms with Gasteiger partial charge in [-0.25, -0.2) is 0 Å². The molecule has 0 amide bonds. The zero-order valence-corrected chi connectivity index (χ0v) is 12.3. The van der Waals surface area contributed by atoms with E-state index in [-0.39, 0.29) is 5.60 Å². The Balaban J connectivity index is 1.60. The first-order valence-corrected chi connectivity index (χ1v) is 7.78. The molecule has 1 saturated heterocycles. The lowest BCUT2D eigenvalue weighted by molar-refractivity contribution is -0.111. The minimum atomic E-state index is -0.396. The fraction of sp³-hybridized carbons (Fsp3) is 0.647. The Labute approximate surface area is 121 Å². The number of hydrogen-bond donors (Lipinski definition) is 1. The minimum Gasteiger partial charge on any atom is -0.387 e. The highest BCUT2D eigenvalue weighted by atomic mass is 16.5. The van der Waals surface area contributed by atoms with Gasteiger partial charge in [0, 0.05) is 19.6 Å². The highest BCUT2D eigenvalue weighted by Crippen LogP contribution is 2.36. The summed E-state index contributed by atoms with van der Waals surface area (Å²) in [6.45, 7) is 5.51. The molecule has 110 valence electrons. The predicted octanol–water partition coefficient (Wildman–Crippen LogP) is 2.67. The van der Waals surface area contributed by atoms with Crippen LogP contribution < -0.4 is 0 Å². The standard InChI is InChI=1S/C17H25NO2/c1-14-4-6-15(7-5-14)16(19)12-18-10-11-20-17(13-18)8-2-3-9-17/h4-7,16,19H,2-3,8-13H2,1H3. The SMILES string of the molecule is Cc1ccc(C(O)CN2CCOC3(CCCC3)C2)cc1. The van der Waals surface area contributed by atoms with E-state index < -0.39 is 6.10 Å². The molecule has 0 bridgehead atoms. The zero-order valence-electron chi connectivity index (χ0n) is 12.3. The van der Waals surface area contributed by atoms with Gasteiger partial charge < -0.3 is 9.84 Å². The molecule has 1 N–H and O–H groups in total. The smallest absolute Gasteiger partial charge is 0.0916 e. The van der Waals surface area contributed by atoms with E-state index in [1.54, 1.807) is 0 Å². The van der Waals surface area contributed by atoms with E-state index in [9.17, 15) is 5.11 Å². The lowest BCUT2D eigenvalue weighted by Gasteiger charge is -2.41. The second kappa shape index (κ2) is 5.84. The van der Waals surface area contributed by atoms with Gasteiger partial charge in [0.25, 0.3) is 0 Å². The van der Waals surface area contributed by atoms with Crippen molar-refractivity contribution in [1.29, 1.82) is 0 Å². The van der Waals surface area contributed by atoms with Crippen molar-refractivity contribution in [1.82, 2.24) is 4.90 Å². The summed E-state index contributed by atoms with van der Waals surface area (Å²) < 4.78 is 6.04. The summed E-state index contributed by atoms with van der Waals surface area (Å²) in [5, 5.41) is 10.4. The first-order valence-electron chi connectivity index (χ1n) is 7.78. The van der Waals surface area contributed by atoms with Gasteiger partial charge in [-0.1, -0.05) is 42.7 Å². The second-order valence-corrected chi connectivity index (χ2v) is 6.40. The Hall–Kier alpha value is -0.900. The summed E-state index contributed by atoms with van der Waals surface area (Å²) in [7, 11) is 0. The number of rotatable bonds is 3. The van der Waals surface area contributed by atoms with Crippen LogP contribution in [0.1, 0.15) is 42.9 Å². The molecule has 1 unspecified atom stereocenters. The van der Waals surface area contributed by atoms with Crippen LogP contribution in [-0.2, 0) is 4.74 Å². The molecule has 0 aromatic heterocycles. The molecule has 2 aliphatic rings. The molecule has 20 heavy (non-hydrogen) atoms. The van der Waals surface area contributed by atoms with Crippen molar-refractivity contribution in [3.8, 4) is 0 Å². The van der Waals surface area contributed by atoms with Crippen LogP contribution in [0.25, 0.3) is 0 Å². The van der Waals surface area contributed by atoms with Crippen LogP contribution >= 0.6 is 0 Å². The van der Waals surface area contributed by atoms with Crippen molar-refractivity contribution in [3.63, 3.8) is 0 Å². The summed E-state index contributed by atoms with van der Waals surface area (Å²) in [6.07, 6.45) is 4.55. The van der Waals surface area contributed by atoms with E-state index in [1.807, 2.05) is 12.1 Å². The Kier molecular flexibility index (Phi) is 4.11. The van der Waals surface area contributed by atoms with Gasteiger partial charge in [-0.2, -0.15) is 0 Å². The predicted molar refractivity (Wildman–Crippen MR) is 79.7 cm³/mol. The molecule has 1 aliphatic carbocycles. The molecule has 2 fully saturated rings. The van der Waals surface area contributed by atoms with Crippen molar-refractivity contribution < 1.29 is 9.84 Å². The molecule has 1 atom stereocenters. The van der Waals surface area contributed by atoms with Crippen LogP contribution in [0.2, 0.25) is 0 Å². The second-order valence-electron chi connectivity index (χ2n) is 6.40. The Morgan fingerprint density at radius 3 is 2.65 bits per heavy atom. The molecule has 1 aromatic rings. The summed E-state index contributed by atoms with van der Waals surface area (Å²) >= 11 is 0. The van der Waals surface area contributed by atoms with Gasteiger partial charge >= 0.3 is 0 Å². The average molecular weight is 275 g/mol. The summed E-state index contributed by atoms with van der Waals surface area (Å²) in [5.41, 5.74) is 2.34. The van der Waals surface area contributed by atoms with Crippen LogP contribution in [0.5, 0.6) is 0 Å². The van der Waals surface area contributed by atoms with Crippen LogP contribution in [0.15, 0.2) is 24.3 Å². The number of hydrogen-bond acceptors (Lipinski definition) is 3. The van der Waals surface area contributed by atoms with E-state index in [0.717, 1.165) is 25.3 Å². The molecule has 1 heterocycles. The largest absolute Gasteiger partial charge is 0.387 e. The Morgan fingerprint density at radius 1 is 1.25 bits per heavy atom. The Bertz CT molecular complexity index is 437. The number of aliphatic hydroxyl groups excluding tert-OH is 1. The maximum absolute atomic E-state index is 10.4. The van der Waals surface area contributed by atoms with Gasteiger partial charge in [-0.05, 0) is 25.3 Å². The summed E-state index contributed by atoms with van der Waals surface area (Å²) in [4.78, 5) is 2.37. The number of benzene rings is 1. The van der Waals surface area contributed by atoms with E-state index in [1.165, 1.54) is 31.2 Å². The van der Waals surface area contributed by atoms with Crippen molar-refractivity contribution in [2.24, 2.45) is 0 Å². The van der Waals surface area contributed by atoms with Gasteiger partial charge in [-0.3, -0.25) is 4.90 Å². The third kappa shape index (κ3) is 3.05. The maximum Gasteiger partial charge on any atom is 0.0916 e. The van der Waals surface area contributed by atoms with E-state index >= 15 is 0 Å². The Morgan fingerprint density at radius 2 is 1.95 bits per heavy atom. The average Bonchev–Trinajstić information content (AvgIpc) is 2.87. The van der Waals surface area contributed by atoms with Gasteiger partial charge in [-0.15, -0.1) is 0 Å². The monoisotopic (exact) mass is 275 g/mol. The minimum absolute atomic E-state index is 0.0885. The quantitative estimate of drug-likeness (QED) is 0.920. The number of aryl methyl sites for hydroxylation is 1. The van der Waals surface area contributed by atoms with Crippen LogP contribution in [0.3, 0.4) is 0 Å². The molecule has 1 aliphatic heterocycles. The highest BCUT2D eigenvalue weighted by Gasteiger charge is 2.39. The molecule has 1 saturated carbocycles. The number of morpholine rings is 1. The molecule has 1 aromatic carbocycles. The fourth-order valence-corrected chi connectivity index (χ4v) is 3.54. The lowest BCUT2D eigenvalue weighted by atomic mass is 9.99. The summed E-state index contributed by atoms with van der Waals surface area (Å²) in [5.74, 6) is 0. The molecular weight excluding hydrogens is 250 g/mol. The third-order valence-corrected chi connectivity index (χ3v) is 4.74. The van der Waals surface area contributed by atoms with E-state index in [4.69, 9.17) is 4.74 Å². The van der Waals surface area contributed by atoms with Crippen molar-refractivity contribution in [2.45, 2.75) is 44.3 Å². The third-order valence-electron chi connectivity index (χ3n) is 4.74. The van der Waals surface area contributed by atoms with E-state index in [0.29, 0.717) is 6.54 Å². The number of β-amino-alcohol motifs (C(OH)–C–C–N with tert-alkyl or cyclic N) is 1. The van der Waals surface area contributed by atoms with Crippen LogP contribution in [-0.4, -0.2) is 41.8 Å². The summed E-state index contributed by atoms with van der Waals surface area (Å²) in [6, 6.07) is 8.20. The van der Waals surface area contributed by atoms with Crippen LogP contribution in [0.4, 0.5) is 0 Å². The van der Waals surface area contributed by atoms with Crippen molar-refractivity contribution in [3.05, 3.63) is 35.4 Å².